The summed E-state index contributed by atoms with van der Waals surface area (Å²) in [6.45, 7) is 7.11. The minimum atomic E-state index is 0.969. The van der Waals surface area contributed by atoms with E-state index in [1.165, 1.54) is 193 Å². The maximum absolute atomic E-state index is 2.49. The molecule has 0 aliphatic rings. The first kappa shape index (κ1) is 34.0. The van der Waals surface area contributed by atoms with Crippen LogP contribution in [0.5, 0.6) is 0 Å². The van der Waals surface area contributed by atoms with E-state index in [4.69, 9.17) is 0 Å². The van der Waals surface area contributed by atoms with E-state index in [1.54, 1.807) is 0 Å². The molecule has 0 saturated heterocycles. The molecule has 1 atom stereocenters. The van der Waals surface area contributed by atoms with E-state index in [-0.39, 0.29) is 0 Å². The molecule has 0 aromatic carbocycles. The number of rotatable bonds is 30. The monoisotopic (exact) mass is 479 g/mol. The second-order valence-electron chi connectivity index (χ2n) is 11.9. The SMILES string of the molecule is CCCCCCCCCCCCCCCCCCCCCCCCC(C)CCCCCCCC. The van der Waals surface area contributed by atoms with Crippen LogP contribution >= 0.6 is 0 Å². The van der Waals surface area contributed by atoms with Crippen molar-refractivity contribution >= 4 is 0 Å². The quantitative estimate of drug-likeness (QED) is 0.0900. The summed E-state index contributed by atoms with van der Waals surface area (Å²) in [6, 6.07) is 0. The lowest BCUT2D eigenvalue weighted by molar-refractivity contribution is 0.430. The molecule has 0 amide bonds. The van der Waals surface area contributed by atoms with Gasteiger partial charge in [-0.25, -0.2) is 0 Å². The number of hydrogen-bond acceptors (Lipinski definition) is 0. The Morgan fingerprint density at radius 2 is 0.441 bits per heavy atom. The number of hydrogen-bond donors (Lipinski definition) is 0. The van der Waals surface area contributed by atoms with Crippen molar-refractivity contribution < 1.29 is 0 Å². The van der Waals surface area contributed by atoms with Crippen molar-refractivity contribution in [1.82, 2.24) is 0 Å². The highest BCUT2D eigenvalue weighted by atomic mass is 14.1. The highest BCUT2D eigenvalue weighted by Crippen LogP contribution is 2.19. The molecule has 0 rings (SSSR count). The first-order valence-corrected chi connectivity index (χ1v) is 16.8. The van der Waals surface area contributed by atoms with Gasteiger partial charge in [0.05, 0.1) is 0 Å². The van der Waals surface area contributed by atoms with Crippen LogP contribution in [-0.4, -0.2) is 0 Å². The van der Waals surface area contributed by atoms with Gasteiger partial charge in [0.1, 0.15) is 0 Å². The topological polar surface area (TPSA) is 0 Å². The van der Waals surface area contributed by atoms with Crippen molar-refractivity contribution in [3.8, 4) is 0 Å². The molecule has 0 aliphatic heterocycles. The zero-order valence-electron chi connectivity index (χ0n) is 24.8. The van der Waals surface area contributed by atoms with Crippen LogP contribution in [0.4, 0.5) is 0 Å². The fourth-order valence-electron chi connectivity index (χ4n) is 5.52. The summed E-state index contributed by atoms with van der Waals surface area (Å²) < 4.78 is 0. The maximum Gasteiger partial charge on any atom is -0.0443 e. The largest absolute Gasteiger partial charge is 0.0654 e. The van der Waals surface area contributed by atoms with Crippen molar-refractivity contribution in [2.75, 3.05) is 0 Å². The molecule has 0 spiro atoms. The molecular formula is C34H70. The second-order valence-corrected chi connectivity index (χ2v) is 11.9. The van der Waals surface area contributed by atoms with Crippen molar-refractivity contribution in [2.24, 2.45) is 5.92 Å². The van der Waals surface area contributed by atoms with E-state index in [9.17, 15) is 0 Å². The highest BCUT2D eigenvalue weighted by Gasteiger charge is 2.02. The molecule has 0 N–H and O–H groups in total. The van der Waals surface area contributed by atoms with E-state index in [2.05, 4.69) is 20.8 Å². The van der Waals surface area contributed by atoms with Crippen molar-refractivity contribution in [3.05, 3.63) is 0 Å². The van der Waals surface area contributed by atoms with Gasteiger partial charge in [-0.15, -0.1) is 0 Å². The Morgan fingerprint density at radius 3 is 0.647 bits per heavy atom. The third-order valence-corrected chi connectivity index (χ3v) is 8.10. The third kappa shape index (κ3) is 30.0. The van der Waals surface area contributed by atoms with Gasteiger partial charge in [-0.05, 0) is 5.92 Å². The smallest absolute Gasteiger partial charge is 0.0443 e. The Kier molecular flexibility index (Phi) is 31.0. The molecule has 0 fully saturated rings. The molecular weight excluding hydrogens is 408 g/mol. The van der Waals surface area contributed by atoms with E-state index in [1.807, 2.05) is 0 Å². The first-order valence-electron chi connectivity index (χ1n) is 16.8. The average Bonchev–Trinajstić information content (AvgIpc) is 2.84. The standard InChI is InChI=1S/C34H70/c1-4-6-8-10-12-13-14-15-16-17-18-19-20-21-22-23-24-25-26-27-29-31-33-34(3)32-30-28-11-9-7-5-2/h34H,4-33H2,1-3H3. The van der Waals surface area contributed by atoms with E-state index in [0.29, 0.717) is 0 Å². The normalized spacial score (nSPS) is 12.4. The van der Waals surface area contributed by atoms with Gasteiger partial charge in [-0.1, -0.05) is 213 Å². The lowest BCUT2D eigenvalue weighted by Crippen LogP contribution is -1.95. The lowest BCUT2D eigenvalue weighted by atomic mass is 9.96. The molecule has 206 valence electrons. The van der Waals surface area contributed by atoms with Gasteiger partial charge in [-0.3, -0.25) is 0 Å². The van der Waals surface area contributed by atoms with Crippen LogP contribution in [0, 0.1) is 5.92 Å². The van der Waals surface area contributed by atoms with Crippen LogP contribution in [0.25, 0.3) is 0 Å². The zero-order valence-corrected chi connectivity index (χ0v) is 24.8. The fraction of sp³-hybridized carbons (Fsp3) is 1.00. The number of unbranched alkanes of at least 4 members (excludes halogenated alkanes) is 26. The Labute approximate surface area is 219 Å². The van der Waals surface area contributed by atoms with Gasteiger partial charge >= 0.3 is 0 Å². The van der Waals surface area contributed by atoms with Gasteiger partial charge < -0.3 is 0 Å². The van der Waals surface area contributed by atoms with Crippen LogP contribution in [0.3, 0.4) is 0 Å². The molecule has 34 heavy (non-hydrogen) atoms. The summed E-state index contributed by atoms with van der Waals surface area (Å²) in [6.07, 6.45) is 44.3. The van der Waals surface area contributed by atoms with Crippen molar-refractivity contribution in [1.29, 1.82) is 0 Å². The lowest BCUT2D eigenvalue weighted by Gasteiger charge is -2.11. The Balaban J connectivity index is 3.08. The van der Waals surface area contributed by atoms with Gasteiger partial charge in [0.25, 0.3) is 0 Å². The summed E-state index contributed by atoms with van der Waals surface area (Å²) in [7, 11) is 0. The predicted molar refractivity (Wildman–Crippen MR) is 159 cm³/mol. The van der Waals surface area contributed by atoms with E-state index < -0.39 is 0 Å². The van der Waals surface area contributed by atoms with Crippen molar-refractivity contribution in [3.63, 3.8) is 0 Å². The Morgan fingerprint density at radius 1 is 0.265 bits per heavy atom. The van der Waals surface area contributed by atoms with E-state index in [0.717, 1.165) is 5.92 Å². The van der Waals surface area contributed by atoms with E-state index >= 15 is 0 Å². The van der Waals surface area contributed by atoms with Crippen molar-refractivity contribution in [2.45, 2.75) is 213 Å². The van der Waals surface area contributed by atoms with Crippen LogP contribution in [-0.2, 0) is 0 Å². The molecule has 1 unspecified atom stereocenters. The maximum atomic E-state index is 2.49. The molecule has 0 aromatic heterocycles. The summed E-state index contributed by atoms with van der Waals surface area (Å²) in [4.78, 5) is 0. The van der Waals surface area contributed by atoms with Crippen LogP contribution in [0.15, 0.2) is 0 Å². The van der Waals surface area contributed by atoms with Crippen LogP contribution in [0.1, 0.15) is 213 Å². The van der Waals surface area contributed by atoms with Gasteiger partial charge in [0, 0.05) is 0 Å². The Bertz CT molecular complexity index is 333. The average molecular weight is 479 g/mol. The molecule has 0 aliphatic carbocycles. The highest BCUT2D eigenvalue weighted by molar-refractivity contribution is 4.56. The summed E-state index contributed by atoms with van der Waals surface area (Å²) >= 11 is 0. The van der Waals surface area contributed by atoms with Gasteiger partial charge in [0.2, 0.25) is 0 Å². The summed E-state index contributed by atoms with van der Waals surface area (Å²) in [5, 5.41) is 0. The van der Waals surface area contributed by atoms with Gasteiger partial charge in [0.15, 0.2) is 0 Å². The second kappa shape index (κ2) is 31.0. The fourth-order valence-corrected chi connectivity index (χ4v) is 5.52. The molecule has 0 aromatic rings. The first-order chi connectivity index (χ1) is 16.8. The molecule has 0 heterocycles. The summed E-state index contributed by atoms with van der Waals surface area (Å²) in [5.74, 6) is 0.969. The predicted octanol–water partition coefficient (Wildman–Crippen LogP) is 13.4. The third-order valence-electron chi connectivity index (χ3n) is 8.10. The van der Waals surface area contributed by atoms with Crippen LogP contribution in [0.2, 0.25) is 0 Å². The Hall–Kier alpha value is 0. The van der Waals surface area contributed by atoms with Crippen LogP contribution < -0.4 is 0 Å². The molecule has 0 heteroatoms. The minimum absolute atomic E-state index is 0.969. The molecule has 0 saturated carbocycles. The molecule has 0 bridgehead atoms. The zero-order chi connectivity index (χ0) is 24.8. The minimum Gasteiger partial charge on any atom is -0.0654 e. The molecule has 0 radical (unpaired) electrons. The van der Waals surface area contributed by atoms with Gasteiger partial charge in [-0.2, -0.15) is 0 Å². The summed E-state index contributed by atoms with van der Waals surface area (Å²) in [5.41, 5.74) is 0. The molecule has 0 nitrogen and oxygen atoms in total.